The summed E-state index contributed by atoms with van der Waals surface area (Å²) in [5.41, 5.74) is 1.40. The molecule has 57 valence electrons. The van der Waals surface area contributed by atoms with E-state index in [0.717, 1.165) is 6.08 Å². The van der Waals surface area contributed by atoms with Gasteiger partial charge in [0.15, 0.2) is 0 Å². The fraction of sp³-hybridized carbons (Fsp3) is 0. The highest BCUT2D eigenvalue weighted by Crippen LogP contribution is 2.02. The molecule has 0 aliphatic carbocycles. The van der Waals surface area contributed by atoms with E-state index in [1.807, 2.05) is 0 Å². The lowest BCUT2D eigenvalue weighted by atomic mass is 10.2. The van der Waals surface area contributed by atoms with Crippen LogP contribution in [0, 0.1) is 0 Å². The molecule has 1 heterocycles. The van der Waals surface area contributed by atoms with Crippen molar-refractivity contribution >= 4 is 17.7 Å². The van der Waals surface area contributed by atoms with Crippen LogP contribution < -0.4 is 16.6 Å². The van der Waals surface area contributed by atoms with Crippen LogP contribution in [-0.4, -0.2) is 17.7 Å². The topological polar surface area (TPSA) is 103 Å². The molecule has 3 N–H and O–H groups in total. The lowest BCUT2D eigenvalue weighted by Crippen LogP contribution is -2.33. The molecule has 1 rings (SSSR count). The second kappa shape index (κ2) is 2.51. The molecule has 0 fully saturated rings. The average molecular weight is 154 g/mol. The molecule has 0 saturated heterocycles. The van der Waals surface area contributed by atoms with Crippen LogP contribution in [0.15, 0.2) is 11.6 Å². The van der Waals surface area contributed by atoms with Gasteiger partial charge in [0, 0.05) is 6.08 Å². The van der Waals surface area contributed by atoms with Crippen LogP contribution in [-0.2, 0) is 14.4 Å². The van der Waals surface area contributed by atoms with E-state index in [9.17, 15) is 14.4 Å². The normalized spacial score (nSPS) is 15.9. The van der Waals surface area contributed by atoms with Crippen molar-refractivity contribution in [1.29, 1.82) is 0 Å². The summed E-state index contributed by atoms with van der Waals surface area (Å²) in [6.07, 6.45) is 0.838. The van der Waals surface area contributed by atoms with Crippen molar-refractivity contribution in [3.8, 4) is 0 Å². The first-order valence-electron chi connectivity index (χ1n) is 2.68. The Morgan fingerprint density at radius 1 is 1.55 bits per heavy atom. The highest BCUT2D eigenvalue weighted by atomic mass is 16.2. The van der Waals surface area contributed by atoms with Crippen LogP contribution in [0.3, 0.4) is 0 Å². The van der Waals surface area contributed by atoms with Gasteiger partial charge in [-0.15, -0.1) is 0 Å². The summed E-state index contributed by atoms with van der Waals surface area (Å²) in [6.45, 7) is 0. The molecule has 11 heavy (non-hydrogen) atoms. The summed E-state index contributed by atoms with van der Waals surface area (Å²) >= 11 is 0. The smallest absolute Gasteiger partial charge is 0.286 e. The summed E-state index contributed by atoms with van der Waals surface area (Å²) in [6, 6.07) is 0. The summed E-state index contributed by atoms with van der Waals surface area (Å²) in [5.74, 6) is 2.34. The third-order valence-corrected chi connectivity index (χ3v) is 1.09. The number of carbonyl (C=O) groups is 3. The fourth-order valence-corrected chi connectivity index (χ4v) is 0.618. The molecule has 0 atom stereocenters. The van der Waals surface area contributed by atoms with Crippen molar-refractivity contribution < 1.29 is 14.4 Å². The van der Waals surface area contributed by atoms with Crippen LogP contribution in [0.4, 0.5) is 0 Å². The van der Waals surface area contributed by atoms with E-state index in [1.54, 1.807) is 5.43 Å². The Labute approximate surface area is 61.4 Å². The first kappa shape index (κ1) is 7.42. The molecule has 3 amide bonds. The number of imide groups is 1. The Hall–Kier alpha value is -1.69. The predicted octanol–water partition coefficient (Wildman–Crippen LogP) is -2.43. The molecule has 0 unspecified atom stereocenters. The van der Waals surface area contributed by atoms with Gasteiger partial charge in [0.05, 0.1) is 0 Å². The molecular formula is C5H4N3O3. The molecule has 0 spiro atoms. The van der Waals surface area contributed by atoms with Gasteiger partial charge in [0.2, 0.25) is 0 Å². The van der Waals surface area contributed by atoms with E-state index in [0.29, 0.717) is 0 Å². The number of amides is 3. The van der Waals surface area contributed by atoms with E-state index in [2.05, 4.69) is 5.32 Å². The minimum Gasteiger partial charge on any atom is -0.290 e. The van der Waals surface area contributed by atoms with Crippen molar-refractivity contribution in [1.82, 2.24) is 10.7 Å². The Morgan fingerprint density at radius 2 is 2.18 bits per heavy atom. The van der Waals surface area contributed by atoms with Gasteiger partial charge in [-0.25, -0.2) is 5.84 Å². The van der Waals surface area contributed by atoms with Gasteiger partial charge in [-0.3, -0.25) is 19.8 Å². The van der Waals surface area contributed by atoms with Crippen LogP contribution in [0.25, 0.3) is 0 Å². The maximum atomic E-state index is 10.6. The van der Waals surface area contributed by atoms with Crippen molar-refractivity contribution in [2.45, 2.75) is 0 Å². The largest absolute Gasteiger partial charge is 0.290 e. The second-order valence-corrected chi connectivity index (χ2v) is 1.79. The van der Waals surface area contributed by atoms with Gasteiger partial charge in [-0.05, 0) is 0 Å². The standard InChI is InChI=1S/C5H4N3O3/c6-8-5(11)2-1-3(9)7-4(2)10/h1H,6H2,(H,8,11). The maximum Gasteiger partial charge on any atom is 0.286 e. The quantitative estimate of drug-likeness (QED) is 0.144. The van der Waals surface area contributed by atoms with Crippen LogP contribution >= 0.6 is 0 Å². The predicted molar refractivity (Wildman–Crippen MR) is 32.6 cm³/mol. The van der Waals surface area contributed by atoms with Crippen LogP contribution in [0.1, 0.15) is 0 Å². The zero-order chi connectivity index (χ0) is 8.43. The first-order valence-corrected chi connectivity index (χ1v) is 2.68. The number of hydrogen-bond donors (Lipinski definition) is 2. The van der Waals surface area contributed by atoms with E-state index >= 15 is 0 Å². The number of hydrogen-bond acceptors (Lipinski definition) is 4. The molecule has 6 heteroatoms. The molecular weight excluding hydrogens is 150 g/mol. The third kappa shape index (κ3) is 1.24. The van der Waals surface area contributed by atoms with E-state index in [-0.39, 0.29) is 5.57 Å². The average Bonchev–Trinajstić information content (AvgIpc) is 2.28. The zero-order valence-corrected chi connectivity index (χ0v) is 5.33. The van der Waals surface area contributed by atoms with Crippen molar-refractivity contribution in [3.63, 3.8) is 0 Å². The lowest BCUT2D eigenvalue weighted by Gasteiger charge is -1.93. The number of rotatable bonds is 1. The zero-order valence-electron chi connectivity index (χ0n) is 5.33. The van der Waals surface area contributed by atoms with E-state index in [1.165, 1.54) is 0 Å². The Morgan fingerprint density at radius 3 is 2.55 bits per heavy atom. The van der Waals surface area contributed by atoms with Crippen molar-refractivity contribution in [3.05, 3.63) is 11.6 Å². The maximum absolute atomic E-state index is 10.6. The van der Waals surface area contributed by atoms with Gasteiger partial charge < -0.3 is 0 Å². The first-order chi connectivity index (χ1) is 5.15. The molecule has 1 aliphatic heterocycles. The van der Waals surface area contributed by atoms with E-state index < -0.39 is 17.7 Å². The van der Waals surface area contributed by atoms with Crippen molar-refractivity contribution in [2.24, 2.45) is 5.84 Å². The number of nitrogens with zero attached hydrogens (tertiary/aromatic N) is 1. The van der Waals surface area contributed by atoms with Gasteiger partial charge in [-0.2, -0.15) is 5.32 Å². The van der Waals surface area contributed by atoms with Gasteiger partial charge in [-0.1, -0.05) is 0 Å². The molecule has 0 aromatic carbocycles. The molecule has 1 aliphatic rings. The highest BCUT2D eigenvalue weighted by molar-refractivity contribution is 6.29. The third-order valence-electron chi connectivity index (χ3n) is 1.09. The van der Waals surface area contributed by atoms with Gasteiger partial charge in [0.1, 0.15) is 5.57 Å². The SMILES string of the molecule is NNC(=O)C1=CC(=O)[N]C1=O. The van der Waals surface area contributed by atoms with E-state index in [4.69, 9.17) is 5.84 Å². The second-order valence-electron chi connectivity index (χ2n) is 1.79. The van der Waals surface area contributed by atoms with Crippen molar-refractivity contribution in [2.75, 3.05) is 0 Å². The Balaban J connectivity index is 2.88. The Kier molecular flexibility index (Phi) is 1.69. The lowest BCUT2D eigenvalue weighted by molar-refractivity contribution is -0.125. The number of nitrogens with one attached hydrogen (secondary N) is 1. The number of hydrazine groups is 1. The fourth-order valence-electron chi connectivity index (χ4n) is 0.618. The summed E-state index contributed by atoms with van der Waals surface area (Å²) < 4.78 is 0. The highest BCUT2D eigenvalue weighted by Gasteiger charge is 2.27. The van der Waals surface area contributed by atoms with Gasteiger partial charge >= 0.3 is 0 Å². The summed E-state index contributed by atoms with van der Waals surface area (Å²) in [4.78, 5) is 31.6. The molecule has 1 radical (unpaired) electrons. The molecule has 0 saturated carbocycles. The minimum absolute atomic E-state index is 0.322. The molecule has 0 bridgehead atoms. The summed E-state index contributed by atoms with van der Waals surface area (Å²) in [5, 5.41) is 2.95. The molecule has 0 aromatic heterocycles. The monoisotopic (exact) mass is 154 g/mol. The molecule has 0 aromatic rings. The van der Waals surface area contributed by atoms with Crippen LogP contribution in [0.5, 0.6) is 0 Å². The van der Waals surface area contributed by atoms with Gasteiger partial charge in [0.25, 0.3) is 17.7 Å². The van der Waals surface area contributed by atoms with Crippen LogP contribution in [0.2, 0.25) is 0 Å². The number of nitrogens with two attached hydrogens (primary N) is 1. The minimum atomic E-state index is -0.849. The molecule has 6 nitrogen and oxygen atoms in total. The summed E-state index contributed by atoms with van der Waals surface area (Å²) in [7, 11) is 0. The Bertz CT molecular complexity index is 268. The number of carbonyl (C=O) groups excluding carboxylic acids is 3.